The van der Waals surface area contributed by atoms with Crippen LogP contribution in [0.1, 0.15) is 15.9 Å². The molecule has 0 aliphatic carbocycles. The fourth-order valence-corrected chi connectivity index (χ4v) is 1.45. The van der Waals surface area contributed by atoms with Crippen molar-refractivity contribution in [2.24, 2.45) is 0 Å². The summed E-state index contributed by atoms with van der Waals surface area (Å²) >= 11 is 0. The summed E-state index contributed by atoms with van der Waals surface area (Å²) in [5.41, 5.74) is 7.48. The predicted molar refractivity (Wildman–Crippen MR) is 68.0 cm³/mol. The molecule has 2 aromatic carbocycles. The fourth-order valence-electron chi connectivity index (χ4n) is 1.45. The Morgan fingerprint density at radius 1 is 0.875 bits per heavy atom. The zero-order valence-electron chi connectivity index (χ0n) is 8.59. The largest absolute Gasteiger partial charge is 0.398 e. The summed E-state index contributed by atoms with van der Waals surface area (Å²) in [5, 5.41) is 0. The first-order valence-corrected chi connectivity index (χ1v) is 4.73. The van der Waals surface area contributed by atoms with Crippen molar-refractivity contribution in [3.05, 3.63) is 65.7 Å². The normalized spacial score (nSPS) is 9.25. The first kappa shape index (κ1) is 12.3. The second-order valence-corrected chi connectivity index (χ2v) is 3.28. The lowest BCUT2D eigenvalue weighted by Gasteiger charge is -2.03. The average molecular weight is 234 g/mol. The lowest BCUT2D eigenvalue weighted by molar-refractivity contribution is 0.103. The van der Waals surface area contributed by atoms with E-state index in [0.717, 1.165) is 0 Å². The molecular weight excluding hydrogens is 222 g/mol. The number of rotatable bonds is 2. The number of hydrogen-bond donors (Lipinski definition) is 1. The first-order chi connectivity index (χ1) is 7.29. The minimum Gasteiger partial charge on any atom is -0.398 e. The highest BCUT2D eigenvalue weighted by atomic mass is 35.5. The maximum Gasteiger partial charge on any atom is 0.195 e. The van der Waals surface area contributed by atoms with Gasteiger partial charge >= 0.3 is 0 Å². The van der Waals surface area contributed by atoms with Crippen LogP contribution in [0.5, 0.6) is 0 Å². The number of para-hydroxylation sites is 1. The monoisotopic (exact) mass is 233 g/mol. The van der Waals surface area contributed by atoms with Crippen molar-refractivity contribution in [1.29, 1.82) is 0 Å². The van der Waals surface area contributed by atoms with Crippen molar-refractivity contribution < 1.29 is 4.79 Å². The molecule has 82 valence electrons. The van der Waals surface area contributed by atoms with Crippen LogP contribution in [0, 0.1) is 0 Å². The summed E-state index contributed by atoms with van der Waals surface area (Å²) in [6.07, 6.45) is 0. The van der Waals surface area contributed by atoms with Crippen molar-refractivity contribution in [2.75, 3.05) is 5.73 Å². The van der Waals surface area contributed by atoms with Gasteiger partial charge in [-0.1, -0.05) is 42.5 Å². The molecule has 2 rings (SSSR count). The van der Waals surface area contributed by atoms with E-state index in [4.69, 9.17) is 5.73 Å². The van der Waals surface area contributed by atoms with Crippen molar-refractivity contribution in [1.82, 2.24) is 0 Å². The molecule has 0 spiro atoms. The van der Waals surface area contributed by atoms with Crippen molar-refractivity contribution in [3.63, 3.8) is 0 Å². The molecule has 0 bridgehead atoms. The third-order valence-corrected chi connectivity index (χ3v) is 2.24. The molecule has 0 aliphatic heterocycles. The SMILES string of the molecule is Cl.Nc1ccccc1C(=O)c1ccccc1. The van der Waals surface area contributed by atoms with E-state index in [1.165, 1.54) is 0 Å². The van der Waals surface area contributed by atoms with Gasteiger partial charge in [0.25, 0.3) is 0 Å². The van der Waals surface area contributed by atoms with Gasteiger partial charge in [-0.05, 0) is 12.1 Å². The van der Waals surface area contributed by atoms with Gasteiger partial charge in [0.15, 0.2) is 5.78 Å². The molecule has 2 nitrogen and oxygen atoms in total. The molecule has 0 atom stereocenters. The average Bonchev–Trinajstić information content (AvgIpc) is 2.30. The maximum absolute atomic E-state index is 12.0. The third kappa shape index (κ3) is 2.41. The van der Waals surface area contributed by atoms with Gasteiger partial charge in [0.2, 0.25) is 0 Å². The van der Waals surface area contributed by atoms with Crippen LogP contribution in [-0.2, 0) is 0 Å². The Labute approximate surface area is 101 Å². The van der Waals surface area contributed by atoms with Gasteiger partial charge in [-0.25, -0.2) is 0 Å². The van der Waals surface area contributed by atoms with Crippen molar-refractivity contribution in [2.45, 2.75) is 0 Å². The summed E-state index contributed by atoms with van der Waals surface area (Å²) in [6, 6.07) is 16.2. The summed E-state index contributed by atoms with van der Waals surface area (Å²) in [7, 11) is 0. The highest BCUT2D eigenvalue weighted by molar-refractivity contribution is 6.11. The highest BCUT2D eigenvalue weighted by Crippen LogP contribution is 2.15. The highest BCUT2D eigenvalue weighted by Gasteiger charge is 2.10. The molecule has 16 heavy (non-hydrogen) atoms. The Hall–Kier alpha value is -1.80. The fraction of sp³-hybridized carbons (Fsp3) is 0. The second kappa shape index (κ2) is 5.33. The summed E-state index contributed by atoms with van der Waals surface area (Å²) < 4.78 is 0. The quantitative estimate of drug-likeness (QED) is 0.640. The van der Waals surface area contributed by atoms with Crippen LogP contribution < -0.4 is 5.73 Å². The number of halogens is 1. The molecule has 0 radical (unpaired) electrons. The van der Waals surface area contributed by atoms with Gasteiger partial charge in [-0.15, -0.1) is 12.4 Å². The minimum atomic E-state index is -0.0336. The predicted octanol–water partition coefficient (Wildman–Crippen LogP) is 2.92. The Morgan fingerprint density at radius 2 is 1.44 bits per heavy atom. The van der Waals surface area contributed by atoms with Gasteiger partial charge in [-0.2, -0.15) is 0 Å². The smallest absolute Gasteiger partial charge is 0.195 e. The van der Waals surface area contributed by atoms with Crippen molar-refractivity contribution in [3.8, 4) is 0 Å². The Kier molecular flexibility index (Phi) is 4.09. The second-order valence-electron chi connectivity index (χ2n) is 3.28. The number of anilines is 1. The summed E-state index contributed by atoms with van der Waals surface area (Å²) in [4.78, 5) is 12.0. The molecule has 0 heterocycles. The molecule has 0 saturated heterocycles. The van der Waals surface area contributed by atoms with Gasteiger partial charge in [0, 0.05) is 16.8 Å². The Bertz CT molecular complexity index is 482. The molecule has 0 saturated carbocycles. The number of nitrogen functional groups attached to an aromatic ring is 1. The Balaban J connectivity index is 0.00000128. The van der Waals surface area contributed by atoms with Gasteiger partial charge < -0.3 is 5.73 Å². The van der Waals surface area contributed by atoms with E-state index in [1.807, 2.05) is 30.3 Å². The molecule has 0 fully saturated rings. The van der Waals surface area contributed by atoms with Gasteiger partial charge in [0.05, 0.1) is 0 Å². The number of nitrogens with two attached hydrogens (primary N) is 1. The molecule has 2 N–H and O–H groups in total. The van der Waals surface area contributed by atoms with E-state index in [9.17, 15) is 4.79 Å². The Morgan fingerprint density at radius 3 is 2.06 bits per heavy atom. The third-order valence-electron chi connectivity index (χ3n) is 2.24. The molecule has 0 aromatic heterocycles. The molecular formula is C13H12ClNO. The molecule has 0 amide bonds. The van der Waals surface area contributed by atoms with Crippen LogP contribution >= 0.6 is 12.4 Å². The first-order valence-electron chi connectivity index (χ1n) is 4.73. The number of hydrogen-bond acceptors (Lipinski definition) is 2. The van der Waals surface area contributed by atoms with E-state index in [-0.39, 0.29) is 18.2 Å². The van der Waals surface area contributed by atoms with Crippen molar-refractivity contribution >= 4 is 23.9 Å². The van der Waals surface area contributed by atoms with E-state index in [0.29, 0.717) is 16.8 Å². The number of ketones is 1. The molecule has 3 heteroatoms. The minimum absolute atomic E-state index is 0. The maximum atomic E-state index is 12.0. The lowest BCUT2D eigenvalue weighted by atomic mass is 10.0. The number of carbonyl (C=O) groups is 1. The van der Waals surface area contributed by atoms with Gasteiger partial charge in [-0.3, -0.25) is 4.79 Å². The molecule has 0 aliphatic rings. The van der Waals surface area contributed by atoms with Crippen LogP contribution in [0.2, 0.25) is 0 Å². The lowest BCUT2D eigenvalue weighted by Crippen LogP contribution is -2.04. The molecule has 2 aromatic rings. The number of benzene rings is 2. The van der Waals surface area contributed by atoms with Crippen LogP contribution in [0.4, 0.5) is 5.69 Å². The van der Waals surface area contributed by atoms with E-state index in [2.05, 4.69) is 0 Å². The van der Waals surface area contributed by atoms with Crippen LogP contribution in [0.25, 0.3) is 0 Å². The van der Waals surface area contributed by atoms with E-state index in [1.54, 1.807) is 24.3 Å². The zero-order chi connectivity index (χ0) is 10.7. The zero-order valence-corrected chi connectivity index (χ0v) is 9.41. The summed E-state index contributed by atoms with van der Waals surface area (Å²) in [5.74, 6) is -0.0336. The number of carbonyl (C=O) groups excluding carboxylic acids is 1. The van der Waals surface area contributed by atoms with Gasteiger partial charge in [0.1, 0.15) is 0 Å². The van der Waals surface area contributed by atoms with E-state index >= 15 is 0 Å². The standard InChI is InChI=1S/C13H11NO.ClH/c14-12-9-5-4-8-11(12)13(15)10-6-2-1-3-7-10;/h1-9H,14H2;1H. The topological polar surface area (TPSA) is 43.1 Å². The van der Waals surface area contributed by atoms with Crippen LogP contribution in [0.3, 0.4) is 0 Å². The van der Waals surface area contributed by atoms with E-state index < -0.39 is 0 Å². The van der Waals surface area contributed by atoms with Crippen LogP contribution in [-0.4, -0.2) is 5.78 Å². The molecule has 0 unspecified atom stereocenters. The van der Waals surface area contributed by atoms with Crippen LogP contribution in [0.15, 0.2) is 54.6 Å². The summed E-state index contributed by atoms with van der Waals surface area (Å²) in [6.45, 7) is 0.